The van der Waals surface area contributed by atoms with Crippen molar-refractivity contribution in [3.05, 3.63) is 35.9 Å². The van der Waals surface area contributed by atoms with Crippen LogP contribution in [0.5, 0.6) is 0 Å². The molecule has 1 aromatic carbocycles. The van der Waals surface area contributed by atoms with Crippen molar-refractivity contribution >= 4 is 29.5 Å². The van der Waals surface area contributed by atoms with Crippen LogP contribution < -0.4 is 0 Å². The topological polar surface area (TPSA) is 65.1 Å². The predicted octanol–water partition coefficient (Wildman–Crippen LogP) is 2.43. The van der Waals surface area contributed by atoms with E-state index in [0.29, 0.717) is 0 Å². The lowest BCUT2D eigenvalue weighted by Gasteiger charge is -2.21. The van der Waals surface area contributed by atoms with Crippen LogP contribution in [-0.4, -0.2) is 41.4 Å². The van der Waals surface area contributed by atoms with Gasteiger partial charge in [0, 0.05) is 0 Å². The van der Waals surface area contributed by atoms with Crippen LogP contribution in [0.15, 0.2) is 30.3 Å². The fraction of sp³-hybridized carbons (Fsp3) is 0.400. The molecule has 1 aliphatic rings. The van der Waals surface area contributed by atoms with Crippen LogP contribution in [0, 0.1) is 0 Å². The number of ether oxygens (including phenoxy) is 3. The average molecular weight is 323 g/mol. The second kappa shape index (κ2) is 7.22. The van der Waals surface area contributed by atoms with E-state index >= 15 is 0 Å². The molecule has 1 saturated heterocycles. The Kier molecular flexibility index (Phi) is 5.32. The van der Waals surface area contributed by atoms with Gasteiger partial charge in [-0.15, -0.1) is 0 Å². The van der Waals surface area contributed by atoms with Gasteiger partial charge < -0.3 is 14.2 Å². The molecule has 1 amide bonds. The molecule has 0 bridgehead atoms. The van der Waals surface area contributed by atoms with Crippen LogP contribution in [0.1, 0.15) is 25.5 Å². The average Bonchev–Trinajstić information content (AvgIpc) is 2.86. The number of esters is 1. The molecule has 22 heavy (non-hydrogen) atoms. The molecule has 118 valence electrons. The maximum Gasteiger partial charge on any atom is 0.418 e. The maximum atomic E-state index is 12.3. The first-order chi connectivity index (χ1) is 10.6. The van der Waals surface area contributed by atoms with Crippen LogP contribution in [0.3, 0.4) is 0 Å². The van der Waals surface area contributed by atoms with E-state index in [1.807, 2.05) is 18.2 Å². The van der Waals surface area contributed by atoms with Gasteiger partial charge in [-0.2, -0.15) is 0 Å². The Morgan fingerprint density at radius 2 is 1.82 bits per heavy atom. The molecule has 0 saturated carbocycles. The normalized spacial score (nSPS) is 20.5. The molecule has 7 heteroatoms. The minimum atomic E-state index is -0.992. The van der Waals surface area contributed by atoms with Crippen molar-refractivity contribution in [2.24, 2.45) is 0 Å². The van der Waals surface area contributed by atoms with Crippen molar-refractivity contribution in [2.45, 2.75) is 26.0 Å². The molecule has 1 aliphatic heterocycles. The van der Waals surface area contributed by atoms with Gasteiger partial charge in [-0.1, -0.05) is 30.3 Å². The van der Waals surface area contributed by atoms with Crippen molar-refractivity contribution in [1.29, 1.82) is 0 Å². The fourth-order valence-corrected chi connectivity index (χ4v) is 2.50. The second-order valence-corrected chi connectivity index (χ2v) is 4.83. The maximum absolute atomic E-state index is 12.3. The van der Waals surface area contributed by atoms with E-state index in [1.165, 1.54) is 0 Å². The highest BCUT2D eigenvalue weighted by Gasteiger charge is 2.49. The smallest absolute Gasteiger partial charge is 0.418 e. The fourth-order valence-electron chi connectivity index (χ4n) is 2.21. The summed E-state index contributed by atoms with van der Waals surface area (Å²) in [5.74, 6) is -0.579. The quantitative estimate of drug-likeness (QED) is 0.626. The van der Waals surface area contributed by atoms with Crippen LogP contribution in [0.2, 0.25) is 0 Å². The summed E-state index contributed by atoms with van der Waals surface area (Å²) in [6.07, 6.45) is -1.43. The van der Waals surface area contributed by atoms with Crippen molar-refractivity contribution in [3.8, 4) is 0 Å². The SMILES string of the molecule is CCOC(=O)[C@H]1[C@@H](c2ccccc2)OC(=S)N1C(=O)OCC. The van der Waals surface area contributed by atoms with Gasteiger partial charge >= 0.3 is 12.1 Å². The Morgan fingerprint density at radius 1 is 1.18 bits per heavy atom. The van der Waals surface area contributed by atoms with E-state index in [-0.39, 0.29) is 18.4 Å². The molecule has 1 fully saturated rings. The molecule has 0 aliphatic carbocycles. The number of benzene rings is 1. The highest BCUT2D eigenvalue weighted by atomic mass is 32.1. The first-order valence-corrected chi connectivity index (χ1v) is 7.39. The van der Waals surface area contributed by atoms with Gasteiger partial charge in [0.15, 0.2) is 12.1 Å². The number of carbonyl (C=O) groups is 2. The summed E-state index contributed by atoms with van der Waals surface area (Å²) in [5, 5.41) is -0.0923. The first-order valence-electron chi connectivity index (χ1n) is 6.98. The number of nitrogens with zero attached hydrogens (tertiary/aromatic N) is 1. The lowest BCUT2D eigenvalue weighted by atomic mass is 10.0. The molecule has 1 heterocycles. The van der Waals surface area contributed by atoms with Crippen molar-refractivity contribution in [3.63, 3.8) is 0 Å². The van der Waals surface area contributed by atoms with Crippen molar-refractivity contribution in [1.82, 2.24) is 4.90 Å². The second-order valence-electron chi connectivity index (χ2n) is 4.48. The number of amides is 1. The summed E-state index contributed by atoms with van der Waals surface area (Å²) in [4.78, 5) is 25.4. The van der Waals surface area contributed by atoms with Crippen molar-refractivity contribution < 1.29 is 23.8 Å². The predicted molar refractivity (Wildman–Crippen MR) is 82.1 cm³/mol. The molecular weight excluding hydrogens is 306 g/mol. The van der Waals surface area contributed by atoms with Gasteiger partial charge in [-0.05, 0) is 31.6 Å². The summed E-state index contributed by atoms with van der Waals surface area (Å²) in [7, 11) is 0. The number of rotatable bonds is 4. The zero-order valence-corrected chi connectivity index (χ0v) is 13.2. The number of thiocarbonyl (C=S) groups is 1. The molecular formula is C15H17NO5S. The number of carbonyl (C=O) groups excluding carboxylic acids is 2. The Hall–Kier alpha value is -2.15. The van der Waals surface area contributed by atoms with Gasteiger partial charge in [0.2, 0.25) is 0 Å². The van der Waals surface area contributed by atoms with Crippen molar-refractivity contribution in [2.75, 3.05) is 13.2 Å². The zero-order chi connectivity index (χ0) is 16.1. The molecule has 2 rings (SSSR count). The number of hydrogen-bond donors (Lipinski definition) is 0. The Balaban J connectivity index is 2.35. The highest BCUT2D eigenvalue weighted by molar-refractivity contribution is 7.80. The largest absolute Gasteiger partial charge is 0.464 e. The Labute approximate surface area is 133 Å². The van der Waals surface area contributed by atoms with E-state index in [1.54, 1.807) is 26.0 Å². The standard InChI is InChI=1S/C15H17NO5S/c1-3-19-13(17)11-12(10-8-6-5-7-9-10)21-15(22)16(11)14(18)20-4-2/h5-9,11-12H,3-4H2,1-2H3/t11-,12-/m1/s1. The molecule has 2 atom stereocenters. The van der Waals surface area contributed by atoms with E-state index in [9.17, 15) is 9.59 Å². The van der Waals surface area contributed by atoms with Crippen LogP contribution in [0.25, 0.3) is 0 Å². The molecule has 0 unspecified atom stereocenters. The van der Waals surface area contributed by atoms with E-state index in [0.717, 1.165) is 10.5 Å². The lowest BCUT2D eigenvalue weighted by Crippen LogP contribution is -2.45. The highest BCUT2D eigenvalue weighted by Crippen LogP contribution is 2.34. The molecule has 0 spiro atoms. The lowest BCUT2D eigenvalue weighted by molar-refractivity contribution is -0.148. The van der Waals surface area contributed by atoms with Crippen LogP contribution in [-0.2, 0) is 19.0 Å². The molecule has 1 aromatic rings. The molecule has 0 N–H and O–H groups in total. The number of hydrogen-bond acceptors (Lipinski definition) is 6. The monoisotopic (exact) mass is 323 g/mol. The van der Waals surface area contributed by atoms with E-state index in [4.69, 9.17) is 26.4 Å². The van der Waals surface area contributed by atoms with Gasteiger partial charge in [0.25, 0.3) is 5.17 Å². The van der Waals surface area contributed by atoms with Gasteiger partial charge in [-0.3, -0.25) is 0 Å². The third-order valence-corrected chi connectivity index (χ3v) is 3.40. The Morgan fingerprint density at radius 3 is 2.41 bits per heavy atom. The third-order valence-electron chi connectivity index (χ3n) is 3.11. The zero-order valence-electron chi connectivity index (χ0n) is 12.4. The Bertz CT molecular complexity index is 562. The van der Waals surface area contributed by atoms with E-state index < -0.39 is 24.2 Å². The summed E-state index contributed by atoms with van der Waals surface area (Å²) in [5.41, 5.74) is 0.731. The molecule has 6 nitrogen and oxygen atoms in total. The van der Waals surface area contributed by atoms with Gasteiger partial charge in [0.1, 0.15) is 0 Å². The van der Waals surface area contributed by atoms with Crippen LogP contribution >= 0.6 is 12.2 Å². The summed E-state index contributed by atoms with van der Waals surface area (Å²) < 4.78 is 15.6. The summed E-state index contributed by atoms with van der Waals surface area (Å²) >= 11 is 5.08. The van der Waals surface area contributed by atoms with Gasteiger partial charge in [-0.25, -0.2) is 14.5 Å². The third kappa shape index (κ3) is 3.19. The van der Waals surface area contributed by atoms with E-state index in [2.05, 4.69) is 0 Å². The minimum absolute atomic E-state index is 0.0923. The first kappa shape index (κ1) is 16.2. The molecule has 0 aromatic heterocycles. The molecule has 0 radical (unpaired) electrons. The van der Waals surface area contributed by atoms with Crippen LogP contribution in [0.4, 0.5) is 4.79 Å². The van der Waals surface area contributed by atoms with Gasteiger partial charge in [0.05, 0.1) is 13.2 Å². The summed E-state index contributed by atoms with van der Waals surface area (Å²) in [6, 6.07) is 8.09. The summed E-state index contributed by atoms with van der Waals surface area (Å²) in [6.45, 7) is 3.73. The minimum Gasteiger partial charge on any atom is -0.464 e.